The number of hydrogen-bond acceptors (Lipinski definition) is 4. The van der Waals surface area contributed by atoms with Crippen LogP contribution in [0.4, 0.5) is 4.79 Å². The topological polar surface area (TPSA) is 80.1 Å². The molecule has 0 bridgehead atoms. The maximum Gasteiger partial charge on any atom is 0.325 e. The van der Waals surface area contributed by atoms with Gasteiger partial charge in [0.2, 0.25) is 0 Å². The average Bonchev–Trinajstić information content (AvgIpc) is 2.84. The Morgan fingerprint density at radius 2 is 2.00 bits per heavy atom. The zero-order valence-corrected chi connectivity index (χ0v) is 10.8. The first-order valence-corrected chi connectivity index (χ1v) is 6.01. The first-order valence-electron chi connectivity index (χ1n) is 6.01. The molecule has 1 N–H and O–H groups in total. The molecule has 2 heterocycles. The van der Waals surface area contributed by atoms with E-state index in [1.807, 2.05) is 13.8 Å². The van der Waals surface area contributed by atoms with Crippen molar-refractivity contribution < 1.29 is 9.59 Å². The van der Waals surface area contributed by atoms with Gasteiger partial charge in [0.1, 0.15) is 17.7 Å². The monoisotopic (exact) mass is 251 g/mol. The number of carbonyl (C=O) groups is 2. The molecule has 0 spiro atoms. The van der Waals surface area contributed by atoms with Crippen molar-refractivity contribution in [3.8, 4) is 0 Å². The number of amides is 3. The molecule has 18 heavy (non-hydrogen) atoms. The summed E-state index contributed by atoms with van der Waals surface area (Å²) >= 11 is 0. The molecule has 1 aromatic heterocycles. The zero-order chi connectivity index (χ0) is 13.3. The third-order valence-corrected chi connectivity index (χ3v) is 3.68. The molecule has 0 atom stereocenters. The van der Waals surface area contributed by atoms with Crippen molar-refractivity contribution in [2.24, 2.45) is 7.05 Å². The molecule has 0 unspecified atom stereocenters. The van der Waals surface area contributed by atoms with Crippen molar-refractivity contribution in [2.45, 2.75) is 38.8 Å². The second kappa shape index (κ2) is 4.40. The SMILES string of the molecule is CCC1(CC)C(=O)NC(=O)N1Cc1ncnn1C. The smallest absolute Gasteiger partial charge is 0.302 e. The van der Waals surface area contributed by atoms with Gasteiger partial charge in [0, 0.05) is 7.05 Å². The lowest BCUT2D eigenvalue weighted by molar-refractivity contribution is -0.127. The highest BCUT2D eigenvalue weighted by molar-refractivity contribution is 6.06. The lowest BCUT2D eigenvalue weighted by Gasteiger charge is -2.33. The van der Waals surface area contributed by atoms with E-state index in [-0.39, 0.29) is 18.5 Å². The van der Waals surface area contributed by atoms with Crippen LogP contribution in [0.3, 0.4) is 0 Å². The molecule has 0 aliphatic carbocycles. The Labute approximate surface area is 105 Å². The maximum atomic E-state index is 12.0. The van der Waals surface area contributed by atoms with Crippen molar-refractivity contribution in [3.05, 3.63) is 12.2 Å². The van der Waals surface area contributed by atoms with E-state index in [9.17, 15) is 9.59 Å². The minimum atomic E-state index is -0.761. The molecule has 7 heteroatoms. The van der Waals surface area contributed by atoms with Gasteiger partial charge in [-0.2, -0.15) is 5.10 Å². The summed E-state index contributed by atoms with van der Waals surface area (Å²) in [6.45, 7) is 4.10. The molecule has 1 fully saturated rings. The molecule has 1 aliphatic rings. The summed E-state index contributed by atoms with van der Waals surface area (Å²) < 4.78 is 1.60. The number of urea groups is 1. The predicted molar refractivity (Wildman–Crippen MR) is 63.4 cm³/mol. The second-order valence-electron chi connectivity index (χ2n) is 4.38. The van der Waals surface area contributed by atoms with Gasteiger partial charge in [0.15, 0.2) is 0 Å². The lowest BCUT2D eigenvalue weighted by Crippen LogP contribution is -2.48. The van der Waals surface area contributed by atoms with E-state index < -0.39 is 5.54 Å². The number of aromatic nitrogens is 3. The quantitative estimate of drug-likeness (QED) is 0.787. The molecule has 1 aromatic rings. The minimum Gasteiger partial charge on any atom is -0.302 e. The molecule has 0 radical (unpaired) electrons. The van der Waals surface area contributed by atoms with Crippen molar-refractivity contribution in [3.63, 3.8) is 0 Å². The largest absolute Gasteiger partial charge is 0.325 e. The van der Waals surface area contributed by atoms with Gasteiger partial charge in [-0.05, 0) is 12.8 Å². The van der Waals surface area contributed by atoms with Crippen LogP contribution in [0.1, 0.15) is 32.5 Å². The van der Waals surface area contributed by atoms with E-state index in [1.165, 1.54) is 6.33 Å². The van der Waals surface area contributed by atoms with Gasteiger partial charge in [-0.25, -0.2) is 9.78 Å². The van der Waals surface area contributed by atoms with Crippen molar-refractivity contribution in [1.82, 2.24) is 25.0 Å². The highest BCUT2D eigenvalue weighted by Crippen LogP contribution is 2.30. The first-order chi connectivity index (χ1) is 8.55. The number of nitrogens with zero attached hydrogens (tertiary/aromatic N) is 4. The molecule has 0 saturated carbocycles. The number of carbonyl (C=O) groups excluding carboxylic acids is 2. The van der Waals surface area contributed by atoms with Crippen LogP contribution in [0.5, 0.6) is 0 Å². The Hall–Kier alpha value is -1.92. The molecule has 0 aromatic carbocycles. The van der Waals surface area contributed by atoms with Gasteiger partial charge in [-0.1, -0.05) is 13.8 Å². The summed E-state index contributed by atoms with van der Waals surface area (Å²) in [6.07, 6.45) is 2.60. The van der Waals surface area contributed by atoms with Crippen LogP contribution < -0.4 is 5.32 Å². The van der Waals surface area contributed by atoms with Crippen LogP contribution >= 0.6 is 0 Å². The fourth-order valence-corrected chi connectivity index (χ4v) is 2.38. The summed E-state index contributed by atoms with van der Waals surface area (Å²) in [5, 5.41) is 6.35. The number of aryl methyl sites for hydroxylation is 1. The molecule has 2 rings (SSSR count). The Morgan fingerprint density at radius 3 is 2.50 bits per heavy atom. The predicted octanol–water partition coefficient (Wildman–Crippen LogP) is 0.426. The summed E-state index contributed by atoms with van der Waals surface area (Å²) in [5.41, 5.74) is -0.761. The van der Waals surface area contributed by atoms with Gasteiger partial charge in [0.25, 0.3) is 5.91 Å². The van der Waals surface area contributed by atoms with E-state index in [0.29, 0.717) is 18.7 Å². The third kappa shape index (κ3) is 1.66. The zero-order valence-electron chi connectivity index (χ0n) is 10.8. The third-order valence-electron chi connectivity index (χ3n) is 3.68. The highest BCUT2D eigenvalue weighted by Gasteiger charge is 2.50. The van der Waals surface area contributed by atoms with Gasteiger partial charge in [0.05, 0.1) is 6.54 Å². The van der Waals surface area contributed by atoms with Crippen molar-refractivity contribution >= 4 is 11.9 Å². The van der Waals surface area contributed by atoms with Crippen LogP contribution in [-0.4, -0.2) is 37.1 Å². The van der Waals surface area contributed by atoms with Crippen molar-refractivity contribution in [2.75, 3.05) is 0 Å². The molecular formula is C11H17N5O2. The Morgan fingerprint density at radius 1 is 1.33 bits per heavy atom. The lowest BCUT2D eigenvalue weighted by atomic mass is 9.91. The van der Waals surface area contributed by atoms with E-state index in [0.717, 1.165) is 0 Å². The molecular weight excluding hydrogens is 234 g/mol. The van der Waals surface area contributed by atoms with Gasteiger partial charge in [-0.3, -0.25) is 14.8 Å². The van der Waals surface area contributed by atoms with Gasteiger partial charge in [-0.15, -0.1) is 0 Å². The fraction of sp³-hybridized carbons (Fsp3) is 0.636. The van der Waals surface area contributed by atoms with E-state index in [4.69, 9.17) is 0 Å². The molecule has 98 valence electrons. The van der Waals surface area contributed by atoms with Crippen LogP contribution in [0.2, 0.25) is 0 Å². The normalized spacial score (nSPS) is 18.3. The summed E-state index contributed by atoms with van der Waals surface area (Å²) in [4.78, 5) is 29.5. The van der Waals surface area contributed by atoms with Crippen LogP contribution in [0.25, 0.3) is 0 Å². The van der Waals surface area contributed by atoms with Crippen LogP contribution in [0, 0.1) is 0 Å². The first kappa shape index (κ1) is 12.5. The van der Waals surface area contributed by atoms with Gasteiger partial charge < -0.3 is 4.90 Å². The van der Waals surface area contributed by atoms with E-state index in [1.54, 1.807) is 16.6 Å². The Kier molecular flexibility index (Phi) is 3.06. The molecule has 3 amide bonds. The Bertz CT molecular complexity index is 478. The molecule has 1 saturated heterocycles. The maximum absolute atomic E-state index is 12.0. The average molecular weight is 251 g/mol. The summed E-state index contributed by atoms with van der Waals surface area (Å²) in [5.74, 6) is 0.436. The van der Waals surface area contributed by atoms with Gasteiger partial charge >= 0.3 is 6.03 Å². The molecule has 7 nitrogen and oxygen atoms in total. The summed E-state index contributed by atoms with van der Waals surface area (Å²) in [6, 6.07) is -0.355. The molecule has 1 aliphatic heterocycles. The van der Waals surface area contributed by atoms with Crippen LogP contribution in [-0.2, 0) is 18.4 Å². The van der Waals surface area contributed by atoms with E-state index in [2.05, 4.69) is 15.4 Å². The highest BCUT2D eigenvalue weighted by atomic mass is 16.2. The number of rotatable bonds is 4. The Balaban J connectivity index is 2.32. The van der Waals surface area contributed by atoms with Crippen LogP contribution in [0.15, 0.2) is 6.33 Å². The van der Waals surface area contributed by atoms with E-state index >= 15 is 0 Å². The fourth-order valence-electron chi connectivity index (χ4n) is 2.38. The van der Waals surface area contributed by atoms with Crippen molar-refractivity contribution in [1.29, 1.82) is 0 Å². The second-order valence-corrected chi connectivity index (χ2v) is 4.38. The standard InChI is InChI=1S/C11H17N5O2/c1-4-11(5-2)9(17)14-10(18)16(11)6-8-12-7-13-15(8)3/h7H,4-6H2,1-3H3,(H,14,17,18). The number of imide groups is 1. The number of hydrogen-bond donors (Lipinski definition) is 1. The number of nitrogens with one attached hydrogen (secondary N) is 1. The summed E-state index contributed by atoms with van der Waals surface area (Å²) in [7, 11) is 1.76. The minimum absolute atomic E-state index is 0.223.